The van der Waals surface area contributed by atoms with Crippen molar-refractivity contribution in [3.05, 3.63) is 40.8 Å². The van der Waals surface area contributed by atoms with Gasteiger partial charge in [-0.3, -0.25) is 0 Å². The van der Waals surface area contributed by atoms with Crippen LogP contribution in [0.5, 0.6) is 0 Å². The molecule has 0 amide bonds. The van der Waals surface area contributed by atoms with Crippen molar-refractivity contribution in [3.8, 4) is 0 Å². The highest BCUT2D eigenvalue weighted by molar-refractivity contribution is 7.89. The average Bonchev–Trinajstić information content (AvgIpc) is 2.65. The van der Waals surface area contributed by atoms with E-state index in [1.165, 1.54) is 12.0 Å². The highest BCUT2D eigenvalue weighted by atomic mass is 32.2. The summed E-state index contributed by atoms with van der Waals surface area (Å²) in [5.74, 6) is 0. The molecule has 0 saturated carbocycles. The molecule has 0 heterocycles. The molecule has 0 N–H and O–H groups in total. The van der Waals surface area contributed by atoms with Gasteiger partial charge in [0.1, 0.15) is 0 Å². The molecule has 0 aliphatic heterocycles. The van der Waals surface area contributed by atoms with Crippen LogP contribution in [0.4, 0.5) is 0 Å². The van der Waals surface area contributed by atoms with E-state index in [9.17, 15) is 4.21 Å². The first kappa shape index (κ1) is 9.66. The molecule has 0 aromatic heterocycles. The molecule has 1 atom stereocenters. The summed E-state index contributed by atoms with van der Waals surface area (Å²) in [6, 6.07) is 9.72. The third-order valence-electron chi connectivity index (χ3n) is 2.61. The smallest absolute Gasteiger partial charge is 0.0807 e. The van der Waals surface area contributed by atoms with E-state index in [-0.39, 0.29) is 0 Å². The van der Waals surface area contributed by atoms with Gasteiger partial charge in [0.05, 0.1) is 10.8 Å². The molecule has 1 aliphatic carbocycles. The van der Waals surface area contributed by atoms with E-state index in [0.717, 1.165) is 22.6 Å². The van der Waals surface area contributed by atoms with Crippen LogP contribution in [0.15, 0.2) is 45.7 Å². The lowest BCUT2D eigenvalue weighted by Gasteiger charge is -2.03. The summed E-state index contributed by atoms with van der Waals surface area (Å²) in [6.45, 7) is 2.10. The molecule has 0 spiro atoms. The van der Waals surface area contributed by atoms with Crippen molar-refractivity contribution >= 4 is 10.8 Å². The average molecular weight is 206 g/mol. The molecule has 1 aliphatic rings. The van der Waals surface area contributed by atoms with Crippen LogP contribution < -0.4 is 0 Å². The van der Waals surface area contributed by atoms with Crippen LogP contribution in [0, 0.1) is 0 Å². The quantitative estimate of drug-likeness (QED) is 0.726. The van der Waals surface area contributed by atoms with E-state index in [1.807, 2.05) is 30.3 Å². The van der Waals surface area contributed by atoms with Crippen LogP contribution in [0.25, 0.3) is 0 Å². The molecule has 74 valence electrons. The second kappa shape index (κ2) is 4.09. The normalized spacial score (nSPS) is 18.6. The summed E-state index contributed by atoms with van der Waals surface area (Å²) < 4.78 is 12.1. The van der Waals surface area contributed by atoms with Gasteiger partial charge < -0.3 is 0 Å². The minimum absolute atomic E-state index is 0.909. The monoisotopic (exact) mass is 206 g/mol. The summed E-state index contributed by atoms with van der Waals surface area (Å²) in [5.41, 5.74) is 1.33. The first-order valence-electron chi connectivity index (χ1n) is 4.94. The van der Waals surface area contributed by atoms with Crippen molar-refractivity contribution in [1.29, 1.82) is 0 Å². The van der Waals surface area contributed by atoms with E-state index in [4.69, 9.17) is 0 Å². The molecule has 2 heteroatoms. The van der Waals surface area contributed by atoms with Crippen molar-refractivity contribution in [2.45, 2.75) is 31.1 Å². The summed E-state index contributed by atoms with van der Waals surface area (Å²) in [5, 5.41) is 0. The molecule has 1 aromatic rings. The van der Waals surface area contributed by atoms with Crippen LogP contribution >= 0.6 is 0 Å². The zero-order valence-electron chi connectivity index (χ0n) is 8.32. The minimum atomic E-state index is -0.909. The molecule has 1 aromatic carbocycles. The Bertz CT molecular complexity index is 379. The van der Waals surface area contributed by atoms with E-state index in [0.29, 0.717) is 0 Å². The van der Waals surface area contributed by atoms with E-state index >= 15 is 0 Å². The lowest BCUT2D eigenvalue weighted by molar-refractivity contribution is 0.685. The summed E-state index contributed by atoms with van der Waals surface area (Å²) in [6.07, 6.45) is 3.29. The molecule has 0 saturated heterocycles. The third kappa shape index (κ3) is 1.80. The molecule has 1 nitrogen and oxygen atoms in total. The molecule has 1 unspecified atom stereocenters. The Balaban J connectivity index is 2.29. The number of hydrogen-bond acceptors (Lipinski definition) is 1. The molecule has 0 fully saturated rings. The predicted molar refractivity (Wildman–Crippen MR) is 59.4 cm³/mol. The van der Waals surface area contributed by atoms with Gasteiger partial charge in [-0.15, -0.1) is 0 Å². The van der Waals surface area contributed by atoms with Crippen LogP contribution in [-0.2, 0) is 10.8 Å². The first-order chi connectivity index (χ1) is 6.79. The maximum atomic E-state index is 12.1. The third-order valence-corrected chi connectivity index (χ3v) is 4.31. The van der Waals surface area contributed by atoms with Gasteiger partial charge >= 0.3 is 0 Å². The van der Waals surface area contributed by atoms with Gasteiger partial charge in [-0.05, 0) is 38.3 Å². The minimum Gasteiger partial charge on any atom is -0.249 e. The molecular formula is C12H14OS. The molecule has 0 bridgehead atoms. The largest absolute Gasteiger partial charge is 0.249 e. The van der Waals surface area contributed by atoms with Crippen molar-refractivity contribution in [2.75, 3.05) is 0 Å². The maximum absolute atomic E-state index is 12.1. The number of rotatable bonds is 2. The first-order valence-corrected chi connectivity index (χ1v) is 6.09. The van der Waals surface area contributed by atoms with Crippen molar-refractivity contribution < 1.29 is 4.21 Å². The lowest BCUT2D eigenvalue weighted by Crippen LogP contribution is -1.94. The van der Waals surface area contributed by atoms with Gasteiger partial charge in [0.15, 0.2) is 0 Å². The Morgan fingerprint density at radius 3 is 2.43 bits per heavy atom. The predicted octanol–water partition coefficient (Wildman–Crippen LogP) is 3.25. The molecule has 2 rings (SSSR count). The van der Waals surface area contributed by atoms with Crippen LogP contribution in [0.2, 0.25) is 0 Å². The van der Waals surface area contributed by atoms with Gasteiger partial charge in [0, 0.05) is 9.80 Å². The van der Waals surface area contributed by atoms with Gasteiger partial charge in [-0.2, -0.15) is 0 Å². The van der Waals surface area contributed by atoms with Gasteiger partial charge in [-0.1, -0.05) is 23.8 Å². The standard InChI is InChI=1S/C12H14OS/c1-10-6-5-9-12(10)14(13)11-7-3-2-4-8-11/h2-4,7-8H,5-6,9H2,1H3. The fraction of sp³-hybridized carbons (Fsp3) is 0.333. The Hall–Kier alpha value is -0.890. The molecular weight excluding hydrogens is 192 g/mol. The Kier molecular flexibility index (Phi) is 2.82. The van der Waals surface area contributed by atoms with Crippen molar-refractivity contribution in [2.24, 2.45) is 0 Å². The van der Waals surface area contributed by atoms with E-state index < -0.39 is 10.8 Å². The van der Waals surface area contributed by atoms with Crippen LogP contribution in [0.1, 0.15) is 26.2 Å². The fourth-order valence-corrected chi connectivity index (χ4v) is 3.24. The summed E-state index contributed by atoms with van der Waals surface area (Å²) in [4.78, 5) is 2.08. The molecule has 14 heavy (non-hydrogen) atoms. The fourth-order valence-electron chi connectivity index (χ4n) is 1.80. The van der Waals surface area contributed by atoms with Crippen molar-refractivity contribution in [3.63, 3.8) is 0 Å². The van der Waals surface area contributed by atoms with Crippen LogP contribution in [0.3, 0.4) is 0 Å². The Morgan fingerprint density at radius 1 is 1.14 bits per heavy atom. The summed E-state index contributed by atoms with van der Waals surface area (Å²) in [7, 11) is -0.909. The van der Waals surface area contributed by atoms with E-state index in [2.05, 4.69) is 6.92 Å². The second-order valence-corrected chi connectivity index (χ2v) is 5.14. The SMILES string of the molecule is CC1=C(S(=O)c2ccccc2)CCC1. The van der Waals surface area contributed by atoms with Crippen LogP contribution in [-0.4, -0.2) is 4.21 Å². The van der Waals surface area contributed by atoms with Gasteiger partial charge in [0.2, 0.25) is 0 Å². The van der Waals surface area contributed by atoms with Crippen molar-refractivity contribution in [1.82, 2.24) is 0 Å². The number of hydrogen-bond donors (Lipinski definition) is 0. The highest BCUT2D eigenvalue weighted by Gasteiger charge is 2.17. The summed E-state index contributed by atoms with van der Waals surface area (Å²) >= 11 is 0. The molecule has 0 radical (unpaired) electrons. The topological polar surface area (TPSA) is 17.1 Å². The Labute approximate surface area is 87.3 Å². The van der Waals surface area contributed by atoms with Gasteiger partial charge in [0.25, 0.3) is 0 Å². The zero-order chi connectivity index (χ0) is 9.97. The lowest BCUT2D eigenvalue weighted by atomic mass is 10.3. The second-order valence-electron chi connectivity index (χ2n) is 3.64. The maximum Gasteiger partial charge on any atom is 0.0807 e. The zero-order valence-corrected chi connectivity index (χ0v) is 9.14. The Morgan fingerprint density at radius 2 is 1.86 bits per heavy atom. The van der Waals surface area contributed by atoms with Gasteiger partial charge in [-0.25, -0.2) is 4.21 Å². The van der Waals surface area contributed by atoms with E-state index in [1.54, 1.807) is 0 Å². The highest BCUT2D eigenvalue weighted by Crippen LogP contribution is 2.30. The number of benzene rings is 1. The number of allylic oxidation sites excluding steroid dienone is 2.